The van der Waals surface area contributed by atoms with E-state index in [1.54, 1.807) is 0 Å². The Morgan fingerprint density at radius 2 is 1.21 bits per heavy atom. The summed E-state index contributed by atoms with van der Waals surface area (Å²) >= 11 is 0. The number of carbonyl (C=O) groups is 3. The molecule has 254 valence electrons. The Hall–Kier alpha value is -4.87. The van der Waals surface area contributed by atoms with Crippen LogP contribution in [0.2, 0.25) is 0 Å². The molecule has 5 heterocycles. The minimum atomic E-state index is -1.13. The number of aromatic amines is 4. The van der Waals surface area contributed by atoms with Crippen molar-refractivity contribution >= 4 is 41.5 Å². The number of hydrogen-bond donors (Lipinski definition) is 8. The number of carbonyl (C=O) groups excluding carboxylic acids is 1. The van der Waals surface area contributed by atoms with Crippen LogP contribution in [0.4, 0.5) is 0 Å². The van der Waals surface area contributed by atoms with Crippen molar-refractivity contribution in [2.75, 3.05) is 6.61 Å². The van der Waals surface area contributed by atoms with Gasteiger partial charge in [-0.05, 0) is 116 Å². The third-order valence-corrected chi connectivity index (χ3v) is 9.76. The van der Waals surface area contributed by atoms with Crippen LogP contribution in [0.25, 0.3) is 23.8 Å². The summed E-state index contributed by atoms with van der Waals surface area (Å²) in [5.74, 6) is -2.20. The van der Waals surface area contributed by atoms with Crippen LogP contribution in [-0.2, 0) is 40.1 Å². The van der Waals surface area contributed by atoms with Crippen molar-refractivity contribution in [1.82, 2.24) is 19.9 Å². The van der Waals surface area contributed by atoms with Gasteiger partial charge in [0.15, 0.2) is 5.78 Å². The third-order valence-electron chi connectivity index (χ3n) is 9.76. The molecular weight excluding hydrogens is 610 g/mol. The standard InChI is InChI=1S/C37H45N5O6/c1-7-21-20(6)35-34(37(48)25(38)16-43)36-22(8-2)17(3)28(41-36)13-26-18(4)23(9-11-32(44)45)30(39-26)15-31-24(10-12-33(46)47)19(5)27(40-31)14-29(21)42-35/h13-15,25,39-43H,7-12,16,38H2,1-6H3,(H,44,45)(H,46,47). The lowest BCUT2D eigenvalue weighted by atomic mass is 9.95. The lowest BCUT2D eigenvalue weighted by Crippen LogP contribution is -2.38. The van der Waals surface area contributed by atoms with E-state index in [4.69, 9.17) is 5.73 Å². The molecule has 0 aliphatic carbocycles. The van der Waals surface area contributed by atoms with E-state index < -0.39 is 30.4 Å². The number of aliphatic carboxylic acids is 2. The maximum Gasteiger partial charge on any atom is 0.303 e. The first-order valence-corrected chi connectivity index (χ1v) is 16.4. The number of H-pyrrole nitrogens is 4. The number of nitrogens with two attached hydrogens (primary N) is 1. The van der Waals surface area contributed by atoms with Crippen LogP contribution in [0, 0.1) is 27.7 Å². The molecule has 0 amide bonds. The highest BCUT2D eigenvalue weighted by Gasteiger charge is 2.27. The van der Waals surface area contributed by atoms with E-state index in [1.807, 2.05) is 59.8 Å². The zero-order chi connectivity index (χ0) is 35.0. The van der Waals surface area contributed by atoms with Crippen molar-refractivity contribution in [1.29, 1.82) is 0 Å². The third kappa shape index (κ3) is 6.23. The molecule has 5 rings (SSSR count). The summed E-state index contributed by atoms with van der Waals surface area (Å²) in [4.78, 5) is 51.5. The van der Waals surface area contributed by atoms with Gasteiger partial charge >= 0.3 is 11.9 Å². The summed E-state index contributed by atoms with van der Waals surface area (Å²) in [7, 11) is 0. The number of rotatable bonds is 11. The van der Waals surface area contributed by atoms with E-state index in [2.05, 4.69) is 19.9 Å². The van der Waals surface area contributed by atoms with Gasteiger partial charge in [-0.15, -0.1) is 0 Å². The molecule has 1 atom stereocenters. The monoisotopic (exact) mass is 655 g/mol. The highest BCUT2D eigenvalue weighted by molar-refractivity contribution is 6.22. The second-order valence-electron chi connectivity index (χ2n) is 12.6. The van der Waals surface area contributed by atoms with Crippen molar-refractivity contribution in [2.45, 2.75) is 86.1 Å². The van der Waals surface area contributed by atoms with Crippen molar-refractivity contribution < 1.29 is 29.7 Å². The van der Waals surface area contributed by atoms with Crippen molar-refractivity contribution in [3.8, 4) is 0 Å². The molecule has 0 saturated carbocycles. The summed E-state index contributed by atoms with van der Waals surface area (Å²) in [6.45, 7) is 11.5. The van der Waals surface area contributed by atoms with Crippen LogP contribution in [0.15, 0.2) is 0 Å². The molecular formula is C37H45N5O6. The summed E-state index contributed by atoms with van der Waals surface area (Å²) < 4.78 is 0. The topological polar surface area (TPSA) is 201 Å². The molecule has 11 heteroatoms. The minimum Gasteiger partial charge on any atom is -0.481 e. The fourth-order valence-electron chi connectivity index (χ4n) is 7.01. The number of hydrogen-bond acceptors (Lipinski definition) is 5. The highest BCUT2D eigenvalue weighted by Crippen LogP contribution is 2.27. The molecule has 1 aliphatic heterocycles. The van der Waals surface area contributed by atoms with E-state index in [-0.39, 0.29) is 12.8 Å². The molecule has 0 aromatic carbocycles. The van der Waals surface area contributed by atoms with Crippen LogP contribution in [0.5, 0.6) is 0 Å². The van der Waals surface area contributed by atoms with Crippen molar-refractivity contribution in [3.63, 3.8) is 0 Å². The predicted octanol–water partition coefficient (Wildman–Crippen LogP) is 1.28. The zero-order valence-corrected chi connectivity index (χ0v) is 28.4. The SMILES string of the molecule is CCc1c2[nH]c(c1C)C(C(=O)C(N)CO)=c1[nH]c(c(C)c1CC)=Cc1[nH]c(c(CCC(=O)O)c1C)C=c1[nH]c(c(C)c1CCC(=O)O)=C2. The quantitative estimate of drug-likeness (QED) is 0.119. The Morgan fingerprint density at radius 1 is 0.667 bits per heavy atom. The van der Waals surface area contributed by atoms with Crippen molar-refractivity contribution in [3.05, 3.63) is 88.7 Å². The van der Waals surface area contributed by atoms with Crippen LogP contribution >= 0.6 is 0 Å². The van der Waals surface area contributed by atoms with Gasteiger partial charge in [0.2, 0.25) is 0 Å². The predicted molar refractivity (Wildman–Crippen MR) is 185 cm³/mol. The molecule has 8 bridgehead atoms. The Morgan fingerprint density at radius 3 is 1.81 bits per heavy atom. The smallest absolute Gasteiger partial charge is 0.303 e. The number of ketones is 1. The van der Waals surface area contributed by atoms with Crippen LogP contribution in [0.1, 0.15) is 94.0 Å². The number of Topliss-reactive ketones (excluding diaryl/α,β-unsaturated/α-hetero) is 1. The van der Waals surface area contributed by atoms with Gasteiger partial charge < -0.3 is 41.0 Å². The summed E-state index contributed by atoms with van der Waals surface area (Å²) in [6, 6.07) is -1.13. The maximum atomic E-state index is 14.1. The highest BCUT2D eigenvalue weighted by atomic mass is 16.4. The van der Waals surface area contributed by atoms with Gasteiger partial charge in [-0.25, -0.2) is 0 Å². The number of fused-ring (bicyclic) bond motifs is 8. The molecule has 9 N–H and O–H groups in total. The summed E-state index contributed by atoms with van der Waals surface area (Å²) in [6.07, 6.45) is 7.70. The Bertz CT molecular complexity index is 2190. The second kappa shape index (κ2) is 13.7. The van der Waals surface area contributed by atoms with E-state index in [0.717, 1.165) is 77.6 Å². The number of carboxylic acid groups (broad SMARTS) is 2. The lowest BCUT2D eigenvalue weighted by molar-refractivity contribution is -0.138. The lowest BCUT2D eigenvalue weighted by Gasteiger charge is -2.12. The zero-order valence-electron chi connectivity index (χ0n) is 28.4. The largest absolute Gasteiger partial charge is 0.481 e. The normalized spacial score (nSPS) is 13.1. The van der Waals surface area contributed by atoms with Crippen molar-refractivity contribution in [2.24, 2.45) is 5.73 Å². The maximum absolute atomic E-state index is 14.1. The van der Waals surface area contributed by atoms with Gasteiger partial charge in [0.05, 0.1) is 29.3 Å². The van der Waals surface area contributed by atoms with Crippen LogP contribution in [0.3, 0.4) is 0 Å². The molecule has 48 heavy (non-hydrogen) atoms. The minimum absolute atomic E-state index is 0.0564. The molecule has 4 aromatic heterocycles. The summed E-state index contributed by atoms with van der Waals surface area (Å²) in [5, 5.41) is 32.0. The van der Waals surface area contributed by atoms with E-state index in [0.29, 0.717) is 42.3 Å². The Balaban J connectivity index is 2.00. The number of aliphatic hydroxyl groups is 1. The Kier molecular flexibility index (Phi) is 9.84. The van der Waals surface area contributed by atoms with Crippen LogP contribution in [-0.4, -0.2) is 65.6 Å². The molecule has 0 spiro atoms. The average molecular weight is 656 g/mol. The number of aliphatic hydroxyl groups excluding tert-OH is 1. The summed E-state index contributed by atoms with van der Waals surface area (Å²) in [5.41, 5.74) is 16.8. The van der Waals surface area contributed by atoms with Gasteiger partial charge in [0.25, 0.3) is 0 Å². The average Bonchev–Trinajstić information content (AvgIpc) is 3.71. The number of nitrogens with one attached hydrogen (secondary N) is 4. The molecule has 1 unspecified atom stereocenters. The first-order valence-electron chi connectivity index (χ1n) is 16.4. The molecule has 0 saturated heterocycles. The molecule has 0 fully saturated rings. The van der Waals surface area contributed by atoms with E-state index in [1.165, 1.54) is 0 Å². The molecule has 1 aliphatic rings. The van der Waals surface area contributed by atoms with Crippen LogP contribution < -0.4 is 27.1 Å². The Labute approximate surface area is 278 Å². The number of aromatic nitrogens is 4. The van der Waals surface area contributed by atoms with E-state index >= 15 is 0 Å². The van der Waals surface area contributed by atoms with Gasteiger partial charge in [-0.1, -0.05) is 13.8 Å². The molecule has 11 nitrogen and oxygen atoms in total. The fraction of sp³-hybridized carbons (Fsp3) is 0.378. The van der Waals surface area contributed by atoms with Gasteiger partial charge in [0.1, 0.15) is 0 Å². The van der Waals surface area contributed by atoms with Gasteiger partial charge in [-0.2, -0.15) is 0 Å². The molecule has 0 radical (unpaired) electrons. The number of carboxylic acids is 2. The second-order valence-corrected chi connectivity index (χ2v) is 12.6. The molecule has 4 aromatic rings. The fourth-order valence-corrected chi connectivity index (χ4v) is 7.01. The first kappa shape index (κ1) is 34.5. The first-order chi connectivity index (χ1) is 22.8. The van der Waals surface area contributed by atoms with E-state index in [9.17, 15) is 29.7 Å². The van der Waals surface area contributed by atoms with Gasteiger partial charge in [0, 0.05) is 46.0 Å². The van der Waals surface area contributed by atoms with Gasteiger partial charge in [-0.3, -0.25) is 14.4 Å².